The van der Waals surface area contributed by atoms with Crippen molar-refractivity contribution < 1.29 is 9.53 Å². The maximum atomic E-state index is 12.2. The van der Waals surface area contributed by atoms with E-state index >= 15 is 0 Å². The largest absolute Gasteiger partial charge is 0.497 e. The molecule has 5 heteroatoms. The number of hydrogen-bond acceptors (Lipinski definition) is 4. The van der Waals surface area contributed by atoms with Crippen molar-refractivity contribution in [3.05, 3.63) is 24.3 Å². The van der Waals surface area contributed by atoms with Gasteiger partial charge in [-0.1, -0.05) is 0 Å². The van der Waals surface area contributed by atoms with Gasteiger partial charge in [-0.25, -0.2) is 0 Å². The molecule has 2 rings (SSSR count). The summed E-state index contributed by atoms with van der Waals surface area (Å²) in [7, 11) is 3.63. The van der Waals surface area contributed by atoms with E-state index in [1.807, 2.05) is 36.2 Å². The molecule has 1 aromatic carbocycles. The summed E-state index contributed by atoms with van der Waals surface area (Å²) in [5.74, 6) is 2.60. The quantitative estimate of drug-likeness (QED) is 0.785. The molecule has 1 amide bonds. The van der Waals surface area contributed by atoms with Crippen molar-refractivity contribution >= 4 is 17.7 Å². The Bertz CT molecular complexity index is 450. The molecule has 1 aliphatic rings. The number of nitrogens with one attached hydrogen (secondary N) is 1. The van der Waals surface area contributed by atoms with E-state index in [9.17, 15) is 4.79 Å². The van der Waals surface area contributed by atoms with Crippen molar-refractivity contribution in [3.8, 4) is 5.75 Å². The Kier molecular flexibility index (Phi) is 6.39. The van der Waals surface area contributed by atoms with Gasteiger partial charge in [0, 0.05) is 30.2 Å². The first-order valence-electron chi connectivity index (χ1n) is 7.42. The molecule has 1 saturated heterocycles. The number of benzene rings is 1. The smallest absolute Gasteiger partial charge is 0.223 e. The lowest BCUT2D eigenvalue weighted by Gasteiger charge is -2.16. The van der Waals surface area contributed by atoms with E-state index in [1.54, 1.807) is 18.9 Å². The van der Waals surface area contributed by atoms with Crippen LogP contribution in [0.3, 0.4) is 0 Å². The minimum atomic E-state index is 0.287. The third-order valence-corrected chi connectivity index (χ3v) is 4.79. The van der Waals surface area contributed by atoms with Crippen molar-refractivity contribution in [2.45, 2.75) is 17.7 Å². The summed E-state index contributed by atoms with van der Waals surface area (Å²) in [5, 5.41) is 3.19. The molecule has 0 aliphatic carbocycles. The Hall–Kier alpha value is -1.20. The van der Waals surface area contributed by atoms with Crippen molar-refractivity contribution in [2.75, 3.05) is 39.5 Å². The molecule has 21 heavy (non-hydrogen) atoms. The van der Waals surface area contributed by atoms with E-state index in [-0.39, 0.29) is 5.91 Å². The lowest BCUT2D eigenvalue weighted by molar-refractivity contribution is -0.129. The molecular weight excluding hydrogens is 284 g/mol. The number of nitrogens with zero attached hydrogens (tertiary/aromatic N) is 1. The number of carbonyl (C=O) groups excluding carboxylic acids is 1. The number of methoxy groups -OCH3 is 1. The minimum absolute atomic E-state index is 0.287. The second-order valence-electron chi connectivity index (χ2n) is 5.33. The molecule has 1 fully saturated rings. The number of thioether (sulfide) groups is 1. The third kappa shape index (κ3) is 4.93. The van der Waals surface area contributed by atoms with Gasteiger partial charge >= 0.3 is 0 Å². The Morgan fingerprint density at radius 3 is 2.86 bits per heavy atom. The van der Waals surface area contributed by atoms with Gasteiger partial charge in [-0.2, -0.15) is 0 Å². The molecule has 1 atom stereocenters. The van der Waals surface area contributed by atoms with Gasteiger partial charge in [0.2, 0.25) is 5.91 Å². The second-order valence-corrected chi connectivity index (χ2v) is 6.49. The first kappa shape index (κ1) is 16.2. The van der Waals surface area contributed by atoms with E-state index in [0.29, 0.717) is 12.3 Å². The standard InChI is InChI=1S/C16H24N2O2S/c1-17-11-13-7-9-18(12-13)16(19)8-10-21-15-5-3-14(20-2)4-6-15/h3-6,13,17H,7-12H2,1-2H3. The molecule has 0 spiro atoms. The zero-order valence-electron chi connectivity index (χ0n) is 12.8. The molecule has 0 saturated carbocycles. The van der Waals surface area contributed by atoms with Crippen molar-refractivity contribution in [1.82, 2.24) is 10.2 Å². The topological polar surface area (TPSA) is 41.6 Å². The van der Waals surface area contributed by atoms with Crippen LogP contribution >= 0.6 is 11.8 Å². The van der Waals surface area contributed by atoms with E-state index in [2.05, 4.69) is 5.32 Å². The number of hydrogen-bond donors (Lipinski definition) is 1. The predicted octanol–water partition coefficient (Wildman–Crippen LogP) is 2.25. The highest BCUT2D eigenvalue weighted by molar-refractivity contribution is 7.99. The van der Waals surface area contributed by atoms with Gasteiger partial charge < -0.3 is 15.0 Å². The van der Waals surface area contributed by atoms with Gasteiger partial charge in [0.1, 0.15) is 5.75 Å². The fraction of sp³-hybridized carbons (Fsp3) is 0.562. The summed E-state index contributed by atoms with van der Waals surface area (Å²) in [5.41, 5.74) is 0. The van der Waals surface area contributed by atoms with Crippen molar-refractivity contribution in [1.29, 1.82) is 0 Å². The van der Waals surface area contributed by atoms with Crippen LogP contribution in [-0.4, -0.2) is 50.4 Å². The van der Waals surface area contributed by atoms with Crippen LogP contribution in [0, 0.1) is 5.92 Å². The molecule has 0 aromatic heterocycles. The van der Waals surface area contributed by atoms with E-state index in [0.717, 1.165) is 37.6 Å². The molecule has 1 aromatic rings. The lowest BCUT2D eigenvalue weighted by Crippen LogP contribution is -2.30. The summed E-state index contributed by atoms with van der Waals surface area (Å²) in [6.45, 7) is 2.83. The average molecular weight is 308 g/mol. The summed E-state index contributed by atoms with van der Waals surface area (Å²) in [6, 6.07) is 7.97. The molecule has 1 N–H and O–H groups in total. The summed E-state index contributed by atoms with van der Waals surface area (Å²) >= 11 is 1.72. The number of likely N-dealkylation sites (tertiary alicyclic amines) is 1. The SMILES string of the molecule is CNCC1CCN(C(=O)CCSc2ccc(OC)cc2)C1. The van der Waals surface area contributed by atoms with Crippen molar-refractivity contribution in [3.63, 3.8) is 0 Å². The molecular formula is C16H24N2O2S. The van der Waals surface area contributed by atoms with Crippen LogP contribution in [0.2, 0.25) is 0 Å². The van der Waals surface area contributed by atoms with Gasteiger partial charge in [-0.3, -0.25) is 4.79 Å². The Labute approximate surface area is 131 Å². The molecule has 0 radical (unpaired) electrons. The normalized spacial score (nSPS) is 18.0. The van der Waals surface area contributed by atoms with Gasteiger partial charge in [0.15, 0.2) is 0 Å². The number of carbonyl (C=O) groups is 1. The molecule has 0 bridgehead atoms. The van der Waals surface area contributed by atoms with Crippen LogP contribution < -0.4 is 10.1 Å². The number of rotatable bonds is 7. The highest BCUT2D eigenvalue weighted by Crippen LogP contribution is 2.23. The van der Waals surface area contributed by atoms with Crippen LogP contribution in [0.1, 0.15) is 12.8 Å². The summed E-state index contributed by atoms with van der Waals surface area (Å²) in [6.07, 6.45) is 1.74. The highest BCUT2D eigenvalue weighted by atomic mass is 32.2. The zero-order chi connectivity index (χ0) is 15.1. The summed E-state index contributed by atoms with van der Waals surface area (Å²) < 4.78 is 5.13. The number of ether oxygens (including phenoxy) is 1. The van der Waals surface area contributed by atoms with Crippen LogP contribution in [0.25, 0.3) is 0 Å². The first-order chi connectivity index (χ1) is 10.2. The maximum Gasteiger partial charge on any atom is 0.223 e. The Morgan fingerprint density at radius 2 is 2.19 bits per heavy atom. The van der Waals surface area contributed by atoms with Crippen LogP contribution in [0.5, 0.6) is 5.75 Å². The van der Waals surface area contributed by atoms with Gasteiger partial charge in [0.25, 0.3) is 0 Å². The van der Waals surface area contributed by atoms with Crippen LogP contribution in [0.4, 0.5) is 0 Å². The molecule has 1 unspecified atom stereocenters. The van der Waals surface area contributed by atoms with E-state index in [4.69, 9.17) is 4.74 Å². The lowest BCUT2D eigenvalue weighted by atomic mass is 10.1. The zero-order valence-corrected chi connectivity index (χ0v) is 13.6. The third-order valence-electron chi connectivity index (χ3n) is 3.78. The van der Waals surface area contributed by atoms with Gasteiger partial charge in [-0.15, -0.1) is 11.8 Å². The fourth-order valence-electron chi connectivity index (χ4n) is 2.60. The first-order valence-corrected chi connectivity index (χ1v) is 8.40. The molecule has 1 heterocycles. The van der Waals surface area contributed by atoms with Crippen LogP contribution in [0.15, 0.2) is 29.2 Å². The van der Waals surface area contributed by atoms with Crippen molar-refractivity contribution in [2.24, 2.45) is 5.92 Å². The Balaban J connectivity index is 1.69. The summed E-state index contributed by atoms with van der Waals surface area (Å²) in [4.78, 5) is 15.3. The minimum Gasteiger partial charge on any atom is -0.497 e. The maximum absolute atomic E-state index is 12.2. The van der Waals surface area contributed by atoms with E-state index < -0.39 is 0 Å². The predicted molar refractivity (Wildman–Crippen MR) is 86.9 cm³/mol. The highest BCUT2D eigenvalue weighted by Gasteiger charge is 2.25. The second kappa shape index (κ2) is 8.29. The number of amides is 1. The monoisotopic (exact) mass is 308 g/mol. The molecule has 116 valence electrons. The van der Waals surface area contributed by atoms with E-state index in [1.165, 1.54) is 4.90 Å². The fourth-order valence-corrected chi connectivity index (χ4v) is 3.44. The molecule has 4 nitrogen and oxygen atoms in total. The average Bonchev–Trinajstić information content (AvgIpc) is 2.97. The van der Waals surface area contributed by atoms with Gasteiger partial charge in [0.05, 0.1) is 7.11 Å². The Morgan fingerprint density at radius 1 is 1.43 bits per heavy atom. The van der Waals surface area contributed by atoms with Crippen LogP contribution in [-0.2, 0) is 4.79 Å². The van der Waals surface area contributed by atoms with Gasteiger partial charge in [-0.05, 0) is 50.2 Å². The molecule has 1 aliphatic heterocycles.